The monoisotopic (exact) mass is 506 g/mol. The van der Waals surface area contributed by atoms with Crippen LogP contribution in [0.15, 0.2) is 30.5 Å². The van der Waals surface area contributed by atoms with Gasteiger partial charge in [0.1, 0.15) is 11.6 Å². The zero-order valence-corrected chi connectivity index (χ0v) is 20.9. The van der Waals surface area contributed by atoms with Crippen LogP contribution in [0, 0.1) is 11.8 Å². The third-order valence-corrected chi connectivity index (χ3v) is 8.08. The number of halogens is 1. The molecule has 34 heavy (non-hydrogen) atoms. The Bertz CT molecular complexity index is 1120. The lowest BCUT2D eigenvalue weighted by Gasteiger charge is -2.30. The van der Waals surface area contributed by atoms with Gasteiger partial charge in [0.15, 0.2) is 0 Å². The molecular weight excluding hydrogens is 476 g/mol. The van der Waals surface area contributed by atoms with E-state index in [0.717, 1.165) is 44.0 Å². The fourth-order valence-corrected chi connectivity index (χ4v) is 5.60. The van der Waals surface area contributed by atoms with Crippen molar-refractivity contribution in [1.29, 1.82) is 0 Å². The predicted molar refractivity (Wildman–Crippen MR) is 132 cm³/mol. The van der Waals surface area contributed by atoms with Gasteiger partial charge in [0.25, 0.3) is 0 Å². The van der Waals surface area contributed by atoms with Crippen molar-refractivity contribution in [2.45, 2.75) is 32.1 Å². The Labute approximate surface area is 206 Å². The largest absolute Gasteiger partial charge is 0.381 e. The van der Waals surface area contributed by atoms with E-state index in [0.29, 0.717) is 41.7 Å². The van der Waals surface area contributed by atoms with Crippen LogP contribution in [0.4, 0.5) is 5.82 Å². The molecule has 2 fully saturated rings. The third kappa shape index (κ3) is 6.53. The van der Waals surface area contributed by atoms with E-state index in [-0.39, 0.29) is 24.7 Å². The fraction of sp³-hybridized carbons (Fsp3) is 0.542. The van der Waals surface area contributed by atoms with Crippen molar-refractivity contribution in [2.24, 2.45) is 11.8 Å². The first-order valence-electron chi connectivity index (χ1n) is 11.7. The van der Waals surface area contributed by atoms with Crippen LogP contribution in [-0.2, 0) is 26.0 Å². The molecule has 2 aromatic heterocycles. The molecule has 0 spiro atoms. The standard InChI is InChI=1S/C24H31ClN4O4S/c1-34(31,32)29-9-3-4-18(16-29)23(30)13-19-12-20(21(25)15-26-19)22-5-2-6-24(28-22)27-14-17-7-10-33-11-8-17/h2,5-6,12,15,17-18H,3-4,7-11,13-14,16H2,1H3,(H,27,28)/t18-/m1/s1. The summed E-state index contributed by atoms with van der Waals surface area (Å²) in [4.78, 5) is 22.0. The maximum atomic E-state index is 12.9. The molecule has 10 heteroatoms. The van der Waals surface area contributed by atoms with Crippen LogP contribution in [0.1, 0.15) is 31.4 Å². The first kappa shape index (κ1) is 25.0. The average molecular weight is 507 g/mol. The summed E-state index contributed by atoms with van der Waals surface area (Å²) >= 11 is 6.44. The number of carbonyl (C=O) groups is 1. The maximum Gasteiger partial charge on any atom is 0.211 e. The summed E-state index contributed by atoms with van der Waals surface area (Å²) < 4.78 is 30.6. The lowest BCUT2D eigenvalue weighted by atomic mass is 9.92. The molecule has 1 atom stereocenters. The number of ether oxygens (including phenoxy) is 1. The van der Waals surface area contributed by atoms with Crippen molar-refractivity contribution in [1.82, 2.24) is 14.3 Å². The van der Waals surface area contributed by atoms with Gasteiger partial charge >= 0.3 is 0 Å². The molecule has 4 heterocycles. The van der Waals surface area contributed by atoms with Gasteiger partial charge in [-0.05, 0) is 49.8 Å². The van der Waals surface area contributed by atoms with Crippen molar-refractivity contribution >= 4 is 33.2 Å². The van der Waals surface area contributed by atoms with E-state index < -0.39 is 10.0 Å². The van der Waals surface area contributed by atoms with Gasteiger partial charge in [-0.25, -0.2) is 17.7 Å². The number of carbonyl (C=O) groups excluding carboxylic acids is 1. The first-order chi connectivity index (χ1) is 16.3. The molecule has 4 rings (SSSR count). The summed E-state index contributed by atoms with van der Waals surface area (Å²) in [5, 5.41) is 3.88. The van der Waals surface area contributed by atoms with Gasteiger partial charge < -0.3 is 10.1 Å². The highest BCUT2D eigenvalue weighted by molar-refractivity contribution is 7.88. The molecule has 2 aliphatic heterocycles. The Morgan fingerprint density at radius 2 is 2.06 bits per heavy atom. The molecule has 0 aliphatic carbocycles. The van der Waals surface area contributed by atoms with Crippen molar-refractivity contribution in [3.63, 3.8) is 0 Å². The van der Waals surface area contributed by atoms with Crippen molar-refractivity contribution in [2.75, 3.05) is 44.4 Å². The fourth-order valence-electron chi connectivity index (χ4n) is 4.49. The Morgan fingerprint density at radius 3 is 2.82 bits per heavy atom. The number of ketones is 1. The van der Waals surface area contributed by atoms with Crippen LogP contribution < -0.4 is 5.32 Å². The summed E-state index contributed by atoms with van der Waals surface area (Å²) in [7, 11) is -3.30. The van der Waals surface area contributed by atoms with E-state index >= 15 is 0 Å². The highest BCUT2D eigenvalue weighted by Crippen LogP contribution is 2.28. The molecule has 2 aromatic rings. The van der Waals surface area contributed by atoms with E-state index in [9.17, 15) is 13.2 Å². The smallest absolute Gasteiger partial charge is 0.211 e. The topological polar surface area (TPSA) is 101 Å². The van der Waals surface area contributed by atoms with E-state index in [1.165, 1.54) is 10.6 Å². The summed E-state index contributed by atoms with van der Waals surface area (Å²) in [5.74, 6) is 1.02. The Hall–Kier alpha value is -2.07. The molecular formula is C24H31ClN4O4S. The number of sulfonamides is 1. The minimum absolute atomic E-state index is 0.00559. The molecule has 0 radical (unpaired) electrons. The zero-order valence-electron chi connectivity index (χ0n) is 19.4. The van der Waals surface area contributed by atoms with Gasteiger partial charge in [-0.1, -0.05) is 17.7 Å². The minimum atomic E-state index is -3.30. The summed E-state index contributed by atoms with van der Waals surface area (Å²) in [6.45, 7) is 3.16. The van der Waals surface area contributed by atoms with Crippen LogP contribution in [0.5, 0.6) is 0 Å². The van der Waals surface area contributed by atoms with Gasteiger partial charge in [-0.3, -0.25) is 9.78 Å². The number of aromatic nitrogens is 2. The minimum Gasteiger partial charge on any atom is -0.381 e. The Morgan fingerprint density at radius 1 is 1.26 bits per heavy atom. The molecule has 0 saturated carbocycles. The second kappa shape index (κ2) is 11.1. The van der Waals surface area contributed by atoms with Gasteiger partial charge in [0.2, 0.25) is 10.0 Å². The SMILES string of the molecule is CS(=O)(=O)N1CCC[C@@H](C(=O)Cc2cc(-c3cccc(NCC4CCOCC4)n3)c(Cl)cn2)C1. The second-order valence-corrected chi connectivity index (χ2v) is 11.5. The number of nitrogens with zero attached hydrogens (tertiary/aromatic N) is 3. The van der Waals surface area contributed by atoms with Gasteiger partial charge in [-0.2, -0.15) is 0 Å². The maximum absolute atomic E-state index is 12.9. The number of hydrogen-bond acceptors (Lipinski definition) is 7. The van der Waals surface area contributed by atoms with Crippen LogP contribution >= 0.6 is 11.6 Å². The van der Waals surface area contributed by atoms with Gasteiger partial charge in [-0.15, -0.1) is 0 Å². The molecule has 0 unspecified atom stereocenters. The molecule has 0 aromatic carbocycles. The molecule has 0 bridgehead atoms. The quantitative estimate of drug-likeness (QED) is 0.585. The number of pyridine rings is 2. The third-order valence-electron chi connectivity index (χ3n) is 6.51. The van der Waals surface area contributed by atoms with Crippen molar-refractivity contribution < 1.29 is 17.9 Å². The summed E-state index contributed by atoms with van der Waals surface area (Å²) in [6.07, 6.45) is 6.33. The zero-order chi connectivity index (χ0) is 24.1. The number of nitrogens with one attached hydrogen (secondary N) is 1. The molecule has 184 valence electrons. The molecule has 8 nitrogen and oxygen atoms in total. The molecule has 2 aliphatic rings. The lowest BCUT2D eigenvalue weighted by Crippen LogP contribution is -2.42. The van der Waals surface area contributed by atoms with Crippen molar-refractivity contribution in [3.05, 3.63) is 41.2 Å². The molecule has 2 saturated heterocycles. The highest BCUT2D eigenvalue weighted by Gasteiger charge is 2.30. The number of piperidine rings is 1. The average Bonchev–Trinajstić information content (AvgIpc) is 2.84. The Balaban J connectivity index is 1.44. The van der Waals surface area contributed by atoms with Gasteiger partial charge in [0.05, 0.1) is 17.0 Å². The van der Waals surface area contributed by atoms with Crippen LogP contribution in [0.2, 0.25) is 5.02 Å². The van der Waals surface area contributed by atoms with Gasteiger partial charge in [0, 0.05) is 62.6 Å². The van der Waals surface area contributed by atoms with Crippen molar-refractivity contribution in [3.8, 4) is 11.3 Å². The first-order valence-corrected chi connectivity index (χ1v) is 13.9. The Kier molecular flexibility index (Phi) is 8.18. The lowest BCUT2D eigenvalue weighted by molar-refractivity contribution is -0.123. The summed E-state index contributed by atoms with van der Waals surface area (Å²) in [6, 6.07) is 7.55. The molecule has 1 N–H and O–H groups in total. The van der Waals surface area contributed by atoms with Crippen LogP contribution in [0.3, 0.4) is 0 Å². The number of hydrogen-bond donors (Lipinski definition) is 1. The van der Waals surface area contributed by atoms with E-state index in [1.807, 2.05) is 24.3 Å². The molecule has 0 amide bonds. The number of anilines is 1. The van der Waals surface area contributed by atoms with E-state index in [4.69, 9.17) is 21.3 Å². The highest BCUT2D eigenvalue weighted by atomic mass is 35.5. The predicted octanol–water partition coefficient (Wildman–Crippen LogP) is 3.42. The van der Waals surface area contributed by atoms with E-state index in [2.05, 4.69) is 10.3 Å². The van der Waals surface area contributed by atoms with E-state index in [1.54, 1.807) is 6.20 Å². The summed E-state index contributed by atoms with van der Waals surface area (Å²) in [5.41, 5.74) is 2.03. The number of Topliss-reactive ketones (excluding diaryl/α,β-unsaturated/α-hetero) is 1. The van der Waals surface area contributed by atoms with Crippen LogP contribution in [0.25, 0.3) is 11.3 Å². The normalized spacial score (nSPS) is 20.2. The number of rotatable bonds is 8. The van der Waals surface area contributed by atoms with Crippen LogP contribution in [-0.4, -0.2) is 67.6 Å². The second-order valence-electron chi connectivity index (χ2n) is 9.10.